The van der Waals surface area contributed by atoms with Gasteiger partial charge in [-0.05, 0) is 13.1 Å². The maximum absolute atomic E-state index is 2.99. The normalized spacial score (nSPS) is 10.0. The van der Waals surface area contributed by atoms with Gasteiger partial charge in [0.25, 0.3) is 0 Å². The fourth-order valence-electron chi connectivity index (χ4n) is 1.50. The summed E-state index contributed by atoms with van der Waals surface area (Å²) < 4.78 is 0. The van der Waals surface area contributed by atoms with Gasteiger partial charge in [0.2, 0.25) is 0 Å². The summed E-state index contributed by atoms with van der Waals surface area (Å²) in [6.45, 7) is 8.68. The third-order valence-electron chi connectivity index (χ3n) is 2.53. The predicted molar refractivity (Wildman–Crippen MR) is 74.3 cm³/mol. The number of hydrogen-bond acceptors (Lipinski definition) is 1. The minimum absolute atomic E-state index is 0. The minimum atomic E-state index is 0. The average molecular weight is 512 g/mol. The Kier molecular flexibility index (Phi) is 28.3. The van der Waals surface area contributed by atoms with Crippen LogP contribution in [0.15, 0.2) is 48.6 Å². The monoisotopic (exact) mass is 512 g/mol. The second kappa shape index (κ2) is 20.3. The molecule has 1 aliphatic carbocycles. The van der Waals surface area contributed by atoms with Gasteiger partial charge in [-0.2, -0.15) is 23.8 Å². The van der Waals surface area contributed by atoms with Crippen LogP contribution in [-0.2, 0) is 25.8 Å². The third kappa shape index (κ3) is 15.0. The van der Waals surface area contributed by atoms with Crippen LogP contribution in [0, 0.1) is 12.6 Å². The standard InChI is InChI=1S/C11H16N.C5H5.3ClH.Hf/c1-3-12(4-2)10-11-8-6-5-7-9-11;1-2-4-5-3-1;;;;/h5-10H,3-4H2,1-2H3;1-3H,4H2;3*1H;/q2*-1;;;;/p-3. The van der Waals surface area contributed by atoms with Gasteiger partial charge in [-0.15, -0.1) is 25.1 Å². The number of allylic oxidation sites excluding steroid dienone is 4. The minimum Gasteiger partial charge on any atom is -1.00 e. The molecule has 0 amide bonds. The van der Waals surface area contributed by atoms with Crippen molar-refractivity contribution in [1.82, 2.24) is 4.90 Å². The maximum Gasteiger partial charge on any atom is 0 e. The molecule has 0 unspecified atom stereocenters. The van der Waals surface area contributed by atoms with Gasteiger partial charge in [0.1, 0.15) is 0 Å². The molecule has 0 aliphatic heterocycles. The summed E-state index contributed by atoms with van der Waals surface area (Å²) in [7, 11) is 0. The van der Waals surface area contributed by atoms with Crippen LogP contribution in [0.5, 0.6) is 0 Å². The molecule has 2 rings (SSSR count). The van der Waals surface area contributed by atoms with E-state index in [2.05, 4.69) is 61.7 Å². The number of nitrogens with zero attached hydrogens (tertiary/aromatic N) is 1. The van der Waals surface area contributed by atoms with E-state index in [0.29, 0.717) is 0 Å². The van der Waals surface area contributed by atoms with Crippen molar-refractivity contribution in [3.8, 4) is 0 Å². The van der Waals surface area contributed by atoms with Gasteiger partial charge in [-0.25, -0.2) is 12.2 Å². The second-order valence-electron chi connectivity index (χ2n) is 3.76. The molecule has 5 heteroatoms. The molecule has 0 saturated carbocycles. The summed E-state index contributed by atoms with van der Waals surface area (Å²) in [5.41, 5.74) is 1.28. The van der Waals surface area contributed by atoms with Crippen LogP contribution in [0.4, 0.5) is 0 Å². The Morgan fingerprint density at radius 3 is 1.95 bits per heavy atom. The van der Waals surface area contributed by atoms with Gasteiger partial charge in [-0.1, -0.05) is 19.9 Å². The van der Waals surface area contributed by atoms with Crippen molar-refractivity contribution in [2.45, 2.75) is 20.3 Å². The van der Waals surface area contributed by atoms with Crippen molar-refractivity contribution >= 4 is 0 Å². The van der Waals surface area contributed by atoms with Crippen LogP contribution in [0.25, 0.3) is 0 Å². The van der Waals surface area contributed by atoms with Crippen molar-refractivity contribution in [3.63, 3.8) is 0 Å². The number of halogens is 3. The molecule has 0 aromatic heterocycles. The molecule has 1 aromatic carbocycles. The van der Waals surface area contributed by atoms with Crippen molar-refractivity contribution in [2.75, 3.05) is 13.1 Å². The average Bonchev–Trinajstić information content (AvgIpc) is 2.96. The Morgan fingerprint density at radius 2 is 1.62 bits per heavy atom. The van der Waals surface area contributed by atoms with Gasteiger partial charge >= 0.3 is 0 Å². The molecule has 0 radical (unpaired) electrons. The van der Waals surface area contributed by atoms with E-state index in [9.17, 15) is 0 Å². The molecular formula is C16H21Cl3HfN-5. The molecule has 21 heavy (non-hydrogen) atoms. The molecular weight excluding hydrogens is 491 g/mol. The van der Waals surface area contributed by atoms with E-state index >= 15 is 0 Å². The second-order valence-corrected chi connectivity index (χ2v) is 3.76. The summed E-state index contributed by atoms with van der Waals surface area (Å²) in [4.78, 5) is 2.29. The van der Waals surface area contributed by atoms with Crippen LogP contribution in [0.3, 0.4) is 0 Å². The zero-order chi connectivity index (χ0) is 12.3. The smallest absolute Gasteiger partial charge is 0 e. The number of rotatable bonds is 4. The first-order chi connectivity index (χ1) is 8.36. The Hall–Kier alpha value is 0.270. The summed E-state index contributed by atoms with van der Waals surface area (Å²) in [6, 6.07) is 10.4. The van der Waals surface area contributed by atoms with Gasteiger partial charge in [0.15, 0.2) is 0 Å². The zero-order valence-corrected chi connectivity index (χ0v) is 18.3. The molecule has 1 nitrogen and oxygen atoms in total. The van der Waals surface area contributed by atoms with Crippen LogP contribution < -0.4 is 37.2 Å². The van der Waals surface area contributed by atoms with Crippen molar-refractivity contribution in [1.29, 1.82) is 0 Å². The van der Waals surface area contributed by atoms with Gasteiger partial charge in [0, 0.05) is 25.8 Å². The van der Waals surface area contributed by atoms with E-state index in [1.54, 1.807) is 0 Å². The van der Waals surface area contributed by atoms with E-state index < -0.39 is 0 Å². The van der Waals surface area contributed by atoms with Crippen molar-refractivity contribution < 1.29 is 63.1 Å². The fraction of sp³-hybridized carbons (Fsp3) is 0.312. The molecule has 0 fully saturated rings. The van der Waals surface area contributed by atoms with Gasteiger partial charge in [-0.3, -0.25) is 6.08 Å². The summed E-state index contributed by atoms with van der Waals surface area (Å²) in [6.07, 6.45) is 10.0. The van der Waals surface area contributed by atoms with E-state index in [1.165, 1.54) is 5.56 Å². The van der Waals surface area contributed by atoms with E-state index in [4.69, 9.17) is 0 Å². The van der Waals surface area contributed by atoms with Crippen LogP contribution in [0.1, 0.15) is 25.8 Å². The third-order valence-corrected chi connectivity index (χ3v) is 2.53. The topological polar surface area (TPSA) is 3.24 Å². The molecule has 0 atom stereocenters. The zero-order valence-electron chi connectivity index (χ0n) is 12.4. The predicted octanol–water partition coefficient (Wildman–Crippen LogP) is -5.15. The Morgan fingerprint density at radius 1 is 1.05 bits per heavy atom. The molecule has 0 bridgehead atoms. The summed E-state index contributed by atoms with van der Waals surface area (Å²) in [5, 5.41) is 0. The molecule has 0 spiro atoms. The van der Waals surface area contributed by atoms with E-state index in [0.717, 1.165) is 19.5 Å². The van der Waals surface area contributed by atoms with Gasteiger partial charge in [0.05, 0.1) is 0 Å². The molecule has 120 valence electrons. The Bertz CT molecular complexity index is 342. The van der Waals surface area contributed by atoms with E-state index in [1.807, 2.05) is 18.2 Å². The Balaban J connectivity index is -0.000000140. The summed E-state index contributed by atoms with van der Waals surface area (Å²) in [5.74, 6) is 0. The number of hydrogen-bond donors (Lipinski definition) is 0. The van der Waals surface area contributed by atoms with Crippen molar-refractivity contribution in [3.05, 3.63) is 66.7 Å². The largest absolute Gasteiger partial charge is 1.00 e. The maximum atomic E-state index is 2.99. The first-order valence-corrected chi connectivity index (χ1v) is 6.22. The molecule has 0 N–H and O–H groups in total. The molecule has 0 saturated heterocycles. The first kappa shape index (κ1) is 29.3. The van der Waals surface area contributed by atoms with Crippen LogP contribution in [0.2, 0.25) is 0 Å². The first-order valence-electron chi connectivity index (χ1n) is 6.22. The van der Waals surface area contributed by atoms with Crippen LogP contribution >= 0.6 is 0 Å². The summed E-state index contributed by atoms with van der Waals surface area (Å²) >= 11 is 0. The van der Waals surface area contributed by atoms with Gasteiger partial charge < -0.3 is 42.1 Å². The quantitative estimate of drug-likeness (QED) is 0.289. The molecule has 1 aromatic rings. The molecule has 1 aliphatic rings. The fourth-order valence-corrected chi connectivity index (χ4v) is 1.50. The SMILES string of the molecule is CCN([CH-]c1ccccc1)CC.[C-]1=CC=CC1.[Cl-].[Cl-].[Cl-].[Hf]. The van der Waals surface area contributed by atoms with Crippen molar-refractivity contribution in [2.24, 2.45) is 0 Å². The van der Waals surface area contributed by atoms with E-state index in [-0.39, 0.29) is 63.1 Å². The van der Waals surface area contributed by atoms with Crippen LogP contribution in [-0.4, -0.2) is 18.0 Å². The number of benzene rings is 1. The molecule has 0 heterocycles. The Labute approximate surface area is 167 Å².